The number of H-pyrrole nitrogens is 1. The number of anilines is 1. The molecule has 2 rings (SSSR count). The maximum absolute atomic E-state index is 5.83. The van der Waals surface area contributed by atoms with Crippen molar-refractivity contribution < 1.29 is 0 Å². The minimum atomic E-state index is 0.242. The quantitative estimate of drug-likeness (QED) is 0.652. The molecule has 0 bridgehead atoms. The summed E-state index contributed by atoms with van der Waals surface area (Å²) < 4.78 is 0. The summed E-state index contributed by atoms with van der Waals surface area (Å²) in [6.45, 7) is 0.730. The molecule has 1 fully saturated rings. The molecule has 0 aromatic carbocycles. The predicted molar refractivity (Wildman–Crippen MR) is 54.5 cm³/mol. The fraction of sp³-hybridized carbons (Fsp3) is 0.778. The Morgan fingerprint density at radius 3 is 2.57 bits per heavy atom. The van der Waals surface area contributed by atoms with Gasteiger partial charge in [0.1, 0.15) is 5.82 Å². The van der Waals surface area contributed by atoms with E-state index in [1.807, 2.05) is 0 Å². The number of nitrogens with two attached hydrogens (primary N) is 2. The van der Waals surface area contributed by atoms with E-state index in [0.717, 1.165) is 18.8 Å². The first-order valence-corrected chi connectivity index (χ1v) is 5.11. The van der Waals surface area contributed by atoms with E-state index < -0.39 is 0 Å². The molecule has 0 radical (unpaired) electrons. The molecule has 1 aliphatic carbocycles. The van der Waals surface area contributed by atoms with Crippen LogP contribution in [0.4, 0.5) is 5.95 Å². The number of hydrogen-bond donors (Lipinski definition) is 3. The van der Waals surface area contributed by atoms with Gasteiger partial charge in [-0.1, -0.05) is 12.8 Å². The van der Waals surface area contributed by atoms with Crippen molar-refractivity contribution in [3.8, 4) is 0 Å². The second-order valence-corrected chi connectivity index (χ2v) is 4.23. The molecule has 1 aromatic heterocycles. The molecule has 14 heavy (non-hydrogen) atoms. The molecule has 5 nitrogen and oxygen atoms in total. The Bertz CT molecular complexity index is 300. The molecular weight excluding hydrogens is 178 g/mol. The average molecular weight is 195 g/mol. The van der Waals surface area contributed by atoms with Gasteiger partial charge in [0.25, 0.3) is 0 Å². The van der Waals surface area contributed by atoms with Crippen molar-refractivity contribution in [2.45, 2.75) is 32.1 Å². The van der Waals surface area contributed by atoms with Gasteiger partial charge in [0.2, 0.25) is 5.95 Å². The third-order valence-corrected chi connectivity index (χ3v) is 3.19. The number of aromatic nitrogens is 3. The van der Waals surface area contributed by atoms with Crippen LogP contribution in [0.15, 0.2) is 0 Å². The molecule has 1 aromatic rings. The normalized spacial score (nSPS) is 20.1. The summed E-state index contributed by atoms with van der Waals surface area (Å²) in [5.74, 6) is 1.19. The Balaban J connectivity index is 2.08. The lowest BCUT2D eigenvalue weighted by atomic mass is 9.82. The zero-order chi connectivity index (χ0) is 10.0. The van der Waals surface area contributed by atoms with Crippen LogP contribution in [0.2, 0.25) is 0 Å². The maximum Gasteiger partial charge on any atom is 0.239 e. The van der Waals surface area contributed by atoms with E-state index in [0.29, 0.717) is 5.95 Å². The summed E-state index contributed by atoms with van der Waals surface area (Å²) >= 11 is 0. The Kier molecular flexibility index (Phi) is 2.41. The van der Waals surface area contributed by atoms with E-state index in [4.69, 9.17) is 11.5 Å². The smallest absolute Gasteiger partial charge is 0.239 e. The lowest BCUT2D eigenvalue weighted by molar-refractivity contribution is 0.300. The van der Waals surface area contributed by atoms with Crippen LogP contribution in [0.5, 0.6) is 0 Å². The first kappa shape index (κ1) is 9.45. The molecule has 5 heteroatoms. The lowest BCUT2D eigenvalue weighted by Gasteiger charge is -2.25. The maximum atomic E-state index is 5.83. The van der Waals surface area contributed by atoms with Gasteiger partial charge < -0.3 is 11.5 Å². The van der Waals surface area contributed by atoms with Crippen molar-refractivity contribution in [2.75, 3.05) is 12.3 Å². The molecule has 1 saturated carbocycles. The standard InChI is InChI=1S/C9H17N5/c10-6-9(3-1-2-4-9)5-7-12-8(11)14-13-7/h1-6,10H2,(H3,11,12,13,14). The molecule has 0 amide bonds. The van der Waals surface area contributed by atoms with E-state index in [2.05, 4.69) is 15.2 Å². The van der Waals surface area contributed by atoms with E-state index in [1.54, 1.807) is 0 Å². The Labute approximate surface area is 83.3 Å². The van der Waals surface area contributed by atoms with Crippen LogP contribution in [0, 0.1) is 5.41 Å². The van der Waals surface area contributed by atoms with Crippen LogP contribution < -0.4 is 11.5 Å². The fourth-order valence-electron chi connectivity index (χ4n) is 2.32. The Morgan fingerprint density at radius 2 is 2.07 bits per heavy atom. The topological polar surface area (TPSA) is 93.6 Å². The van der Waals surface area contributed by atoms with Crippen LogP contribution >= 0.6 is 0 Å². The van der Waals surface area contributed by atoms with Crippen molar-refractivity contribution >= 4 is 5.95 Å². The van der Waals surface area contributed by atoms with Crippen LogP contribution in [0.25, 0.3) is 0 Å². The van der Waals surface area contributed by atoms with E-state index in [1.165, 1.54) is 25.7 Å². The highest BCUT2D eigenvalue weighted by molar-refractivity contribution is 5.13. The highest BCUT2D eigenvalue weighted by Crippen LogP contribution is 2.39. The minimum absolute atomic E-state index is 0.242. The van der Waals surface area contributed by atoms with Crippen molar-refractivity contribution in [1.82, 2.24) is 15.2 Å². The summed E-state index contributed by atoms with van der Waals surface area (Å²) in [7, 11) is 0. The number of nitrogen functional groups attached to an aromatic ring is 1. The van der Waals surface area contributed by atoms with Gasteiger partial charge in [-0.05, 0) is 24.8 Å². The number of nitrogens with one attached hydrogen (secondary N) is 1. The minimum Gasteiger partial charge on any atom is -0.367 e. The summed E-state index contributed by atoms with van der Waals surface area (Å²) in [6, 6.07) is 0. The summed E-state index contributed by atoms with van der Waals surface area (Å²) in [5, 5.41) is 6.67. The second-order valence-electron chi connectivity index (χ2n) is 4.23. The first-order valence-electron chi connectivity index (χ1n) is 5.11. The Hall–Kier alpha value is -1.10. The molecule has 1 heterocycles. The van der Waals surface area contributed by atoms with E-state index >= 15 is 0 Å². The van der Waals surface area contributed by atoms with Crippen molar-refractivity contribution in [3.05, 3.63) is 5.82 Å². The van der Waals surface area contributed by atoms with Crippen LogP contribution in [0.3, 0.4) is 0 Å². The van der Waals surface area contributed by atoms with Gasteiger partial charge in [0.15, 0.2) is 0 Å². The Morgan fingerprint density at radius 1 is 1.36 bits per heavy atom. The fourth-order valence-corrected chi connectivity index (χ4v) is 2.32. The largest absolute Gasteiger partial charge is 0.367 e. The zero-order valence-electron chi connectivity index (χ0n) is 8.29. The molecular formula is C9H17N5. The van der Waals surface area contributed by atoms with Crippen molar-refractivity contribution in [3.63, 3.8) is 0 Å². The highest BCUT2D eigenvalue weighted by Gasteiger charge is 2.33. The van der Waals surface area contributed by atoms with Gasteiger partial charge in [-0.15, -0.1) is 5.10 Å². The van der Waals surface area contributed by atoms with Gasteiger partial charge in [0, 0.05) is 6.42 Å². The number of rotatable bonds is 3. The molecule has 0 spiro atoms. The summed E-state index contributed by atoms with van der Waals surface area (Å²) in [6.07, 6.45) is 5.84. The van der Waals surface area contributed by atoms with Crippen LogP contribution in [-0.2, 0) is 6.42 Å². The molecule has 5 N–H and O–H groups in total. The molecule has 0 aliphatic heterocycles. The van der Waals surface area contributed by atoms with E-state index in [-0.39, 0.29) is 5.41 Å². The third-order valence-electron chi connectivity index (χ3n) is 3.19. The van der Waals surface area contributed by atoms with Gasteiger partial charge in [-0.3, -0.25) is 5.10 Å². The lowest BCUT2D eigenvalue weighted by Crippen LogP contribution is -2.30. The molecule has 78 valence electrons. The summed E-state index contributed by atoms with van der Waals surface area (Å²) in [4.78, 5) is 4.12. The molecule has 0 unspecified atom stereocenters. The van der Waals surface area contributed by atoms with Crippen molar-refractivity contribution in [2.24, 2.45) is 11.1 Å². The van der Waals surface area contributed by atoms with Gasteiger partial charge in [0.05, 0.1) is 0 Å². The molecule has 0 saturated heterocycles. The van der Waals surface area contributed by atoms with Crippen LogP contribution in [0.1, 0.15) is 31.5 Å². The zero-order valence-corrected chi connectivity index (χ0v) is 8.29. The van der Waals surface area contributed by atoms with E-state index in [9.17, 15) is 0 Å². The SMILES string of the molecule is NCC1(Cc2nc(N)n[nH]2)CCCC1. The number of nitrogens with zero attached hydrogens (tertiary/aromatic N) is 2. The predicted octanol–water partition coefficient (Wildman–Crippen LogP) is 0.448. The average Bonchev–Trinajstić information content (AvgIpc) is 2.77. The molecule has 0 atom stereocenters. The second kappa shape index (κ2) is 3.57. The van der Waals surface area contributed by atoms with Crippen molar-refractivity contribution in [1.29, 1.82) is 0 Å². The number of hydrogen-bond acceptors (Lipinski definition) is 4. The third kappa shape index (κ3) is 1.72. The monoisotopic (exact) mass is 195 g/mol. The van der Waals surface area contributed by atoms with Crippen LogP contribution in [-0.4, -0.2) is 21.7 Å². The molecule has 1 aliphatic rings. The highest BCUT2D eigenvalue weighted by atomic mass is 15.3. The van der Waals surface area contributed by atoms with Gasteiger partial charge in [-0.2, -0.15) is 4.98 Å². The van der Waals surface area contributed by atoms with Gasteiger partial charge in [-0.25, -0.2) is 0 Å². The number of aromatic amines is 1. The first-order chi connectivity index (χ1) is 6.74. The van der Waals surface area contributed by atoms with Gasteiger partial charge >= 0.3 is 0 Å². The summed E-state index contributed by atoms with van der Waals surface area (Å²) in [5.41, 5.74) is 11.5.